The first-order chi connectivity index (χ1) is 11.7. The largest absolute Gasteiger partial charge is 0.497 e. The Hall–Kier alpha value is -2.31. The van der Waals surface area contributed by atoms with Gasteiger partial charge in [0.15, 0.2) is 11.6 Å². The van der Waals surface area contributed by atoms with E-state index in [-0.39, 0.29) is 11.5 Å². The average Bonchev–Trinajstić information content (AvgIpc) is 3.09. The van der Waals surface area contributed by atoms with Crippen molar-refractivity contribution in [3.05, 3.63) is 59.1 Å². The fourth-order valence-corrected chi connectivity index (χ4v) is 3.01. The lowest BCUT2D eigenvalue weighted by Crippen LogP contribution is -2.03. The number of ketones is 1. The van der Waals surface area contributed by atoms with Gasteiger partial charge in [0.05, 0.1) is 17.9 Å². The normalized spacial score (nSPS) is 10.6. The van der Waals surface area contributed by atoms with Crippen molar-refractivity contribution in [1.82, 2.24) is 15.2 Å². The van der Waals surface area contributed by atoms with Gasteiger partial charge in [0.2, 0.25) is 5.16 Å². The van der Waals surface area contributed by atoms with Crippen LogP contribution in [-0.2, 0) is 0 Å². The molecule has 0 amide bonds. The molecule has 3 rings (SSSR count). The van der Waals surface area contributed by atoms with Crippen LogP contribution in [0.25, 0.3) is 11.4 Å². The second-order valence-corrected chi connectivity index (χ2v) is 6.24. The Balaban J connectivity index is 1.66. The highest BCUT2D eigenvalue weighted by Crippen LogP contribution is 2.23. The van der Waals surface area contributed by atoms with Gasteiger partial charge in [-0.15, -0.1) is 5.10 Å². The average molecular weight is 360 g/mol. The minimum atomic E-state index is -0.0543. The van der Waals surface area contributed by atoms with Crippen molar-refractivity contribution < 1.29 is 9.53 Å². The monoisotopic (exact) mass is 359 g/mol. The lowest BCUT2D eigenvalue weighted by molar-refractivity contribution is 0.102. The van der Waals surface area contributed by atoms with E-state index in [1.165, 1.54) is 11.8 Å². The number of halogens is 1. The summed E-state index contributed by atoms with van der Waals surface area (Å²) >= 11 is 7.30. The Morgan fingerprint density at radius 2 is 1.96 bits per heavy atom. The zero-order valence-electron chi connectivity index (χ0n) is 12.8. The number of H-pyrrole nitrogens is 1. The van der Waals surface area contributed by atoms with Gasteiger partial charge in [-0.1, -0.05) is 35.5 Å². The molecule has 0 saturated heterocycles. The molecule has 1 heterocycles. The van der Waals surface area contributed by atoms with Gasteiger partial charge in [0.1, 0.15) is 5.75 Å². The SMILES string of the molecule is COc1ccc(-c2nc(SCC(=O)c3ccccc3Cl)n[nH]2)cc1. The Morgan fingerprint density at radius 1 is 1.21 bits per heavy atom. The highest BCUT2D eigenvalue weighted by molar-refractivity contribution is 7.99. The number of carbonyl (C=O) groups is 1. The van der Waals surface area contributed by atoms with E-state index in [0.29, 0.717) is 21.6 Å². The molecular formula is C17H14ClN3O2S. The number of ether oxygens (including phenoxy) is 1. The minimum Gasteiger partial charge on any atom is -0.497 e. The number of benzene rings is 2. The predicted molar refractivity (Wildman–Crippen MR) is 94.9 cm³/mol. The zero-order valence-corrected chi connectivity index (χ0v) is 14.4. The first-order valence-corrected chi connectivity index (χ1v) is 8.51. The highest BCUT2D eigenvalue weighted by atomic mass is 35.5. The Bertz CT molecular complexity index is 849. The topological polar surface area (TPSA) is 67.9 Å². The van der Waals surface area contributed by atoms with Crippen LogP contribution in [-0.4, -0.2) is 33.8 Å². The Kier molecular flexibility index (Phi) is 5.17. The van der Waals surface area contributed by atoms with Gasteiger partial charge in [0, 0.05) is 11.1 Å². The minimum absolute atomic E-state index is 0.0543. The first-order valence-electron chi connectivity index (χ1n) is 7.14. The third-order valence-electron chi connectivity index (χ3n) is 3.33. The third-order valence-corrected chi connectivity index (χ3v) is 4.51. The second-order valence-electron chi connectivity index (χ2n) is 4.89. The molecule has 0 aliphatic carbocycles. The Labute approximate surface area is 148 Å². The van der Waals surface area contributed by atoms with Crippen LogP contribution in [0.1, 0.15) is 10.4 Å². The molecule has 0 atom stereocenters. The molecule has 1 aromatic heterocycles. The van der Waals surface area contributed by atoms with E-state index in [1.54, 1.807) is 31.4 Å². The van der Waals surface area contributed by atoms with Crippen molar-refractivity contribution in [1.29, 1.82) is 0 Å². The molecule has 0 saturated carbocycles. The molecule has 0 radical (unpaired) electrons. The maximum Gasteiger partial charge on any atom is 0.209 e. The molecule has 0 aliphatic heterocycles. The summed E-state index contributed by atoms with van der Waals surface area (Å²) < 4.78 is 5.13. The van der Waals surface area contributed by atoms with Crippen molar-refractivity contribution in [2.24, 2.45) is 0 Å². The standard InChI is InChI=1S/C17H14ClN3O2S/c1-23-12-8-6-11(7-9-12)16-19-17(21-20-16)24-10-15(22)13-4-2-3-5-14(13)18/h2-9H,10H2,1H3,(H,19,20,21). The van der Waals surface area contributed by atoms with Crippen molar-refractivity contribution in [2.45, 2.75) is 5.16 Å². The number of hydrogen-bond donors (Lipinski definition) is 1. The fourth-order valence-electron chi connectivity index (χ4n) is 2.08. The van der Waals surface area contributed by atoms with Crippen molar-refractivity contribution >= 4 is 29.1 Å². The summed E-state index contributed by atoms with van der Waals surface area (Å²) in [6.45, 7) is 0. The number of Topliss-reactive ketones (excluding diaryl/α,β-unsaturated/α-hetero) is 1. The molecule has 122 valence electrons. The van der Waals surface area contributed by atoms with E-state index in [1.807, 2.05) is 24.3 Å². The molecule has 0 aliphatic rings. The molecule has 1 N–H and O–H groups in total. The molecule has 0 fully saturated rings. The second kappa shape index (κ2) is 7.51. The Morgan fingerprint density at radius 3 is 2.67 bits per heavy atom. The van der Waals surface area contributed by atoms with Gasteiger partial charge < -0.3 is 4.74 Å². The van der Waals surface area contributed by atoms with E-state index >= 15 is 0 Å². The van der Waals surface area contributed by atoms with E-state index in [4.69, 9.17) is 16.3 Å². The van der Waals surface area contributed by atoms with Crippen LogP contribution < -0.4 is 4.74 Å². The quantitative estimate of drug-likeness (QED) is 0.530. The van der Waals surface area contributed by atoms with Crippen molar-refractivity contribution in [2.75, 3.05) is 12.9 Å². The summed E-state index contributed by atoms with van der Waals surface area (Å²) in [4.78, 5) is 16.6. The lowest BCUT2D eigenvalue weighted by atomic mass is 10.1. The third kappa shape index (κ3) is 3.77. The number of nitrogens with one attached hydrogen (secondary N) is 1. The molecule has 0 unspecified atom stereocenters. The maximum atomic E-state index is 12.2. The molecule has 3 aromatic rings. The fraction of sp³-hybridized carbons (Fsp3) is 0.118. The van der Waals surface area contributed by atoms with Crippen molar-refractivity contribution in [3.8, 4) is 17.1 Å². The van der Waals surface area contributed by atoms with Crippen LogP contribution >= 0.6 is 23.4 Å². The number of thioether (sulfide) groups is 1. The number of methoxy groups -OCH3 is 1. The van der Waals surface area contributed by atoms with Gasteiger partial charge in [-0.05, 0) is 36.4 Å². The molecule has 0 spiro atoms. The number of aromatic nitrogens is 3. The number of aromatic amines is 1. The summed E-state index contributed by atoms with van der Waals surface area (Å²) in [7, 11) is 1.62. The molecule has 7 heteroatoms. The summed E-state index contributed by atoms with van der Waals surface area (Å²) in [5, 5.41) is 7.98. The van der Waals surface area contributed by atoms with Gasteiger partial charge in [-0.2, -0.15) is 0 Å². The van der Waals surface area contributed by atoms with Gasteiger partial charge in [-0.25, -0.2) is 4.98 Å². The summed E-state index contributed by atoms with van der Waals surface area (Å²) in [6, 6.07) is 14.5. The van der Waals surface area contributed by atoms with Crippen molar-refractivity contribution in [3.63, 3.8) is 0 Å². The maximum absolute atomic E-state index is 12.2. The molecule has 24 heavy (non-hydrogen) atoms. The summed E-state index contributed by atoms with van der Waals surface area (Å²) in [5.41, 5.74) is 1.41. The van der Waals surface area contributed by atoms with Crippen LogP contribution in [0.2, 0.25) is 5.02 Å². The van der Waals surface area contributed by atoms with Crippen LogP contribution in [0, 0.1) is 0 Å². The van der Waals surface area contributed by atoms with Gasteiger partial charge in [0.25, 0.3) is 0 Å². The smallest absolute Gasteiger partial charge is 0.209 e. The van der Waals surface area contributed by atoms with Crippen LogP contribution in [0.3, 0.4) is 0 Å². The summed E-state index contributed by atoms with van der Waals surface area (Å²) in [5.74, 6) is 1.59. The number of hydrogen-bond acceptors (Lipinski definition) is 5. The summed E-state index contributed by atoms with van der Waals surface area (Å²) in [6.07, 6.45) is 0. The van der Waals surface area contributed by atoms with E-state index in [2.05, 4.69) is 15.2 Å². The predicted octanol–water partition coefficient (Wildman–Crippen LogP) is 4.11. The number of nitrogens with zero attached hydrogens (tertiary/aromatic N) is 2. The molecular weight excluding hydrogens is 346 g/mol. The first kappa shape index (κ1) is 16.5. The molecule has 0 bridgehead atoms. The lowest BCUT2D eigenvalue weighted by Gasteiger charge is -2.01. The van der Waals surface area contributed by atoms with Crippen LogP contribution in [0.4, 0.5) is 0 Å². The molecule has 2 aromatic carbocycles. The number of rotatable bonds is 6. The number of carbonyl (C=O) groups excluding carboxylic acids is 1. The van der Waals surface area contributed by atoms with E-state index < -0.39 is 0 Å². The van der Waals surface area contributed by atoms with Crippen LogP contribution in [0.15, 0.2) is 53.7 Å². The zero-order chi connectivity index (χ0) is 16.9. The van der Waals surface area contributed by atoms with E-state index in [0.717, 1.165) is 11.3 Å². The molecule has 5 nitrogen and oxygen atoms in total. The highest BCUT2D eigenvalue weighted by Gasteiger charge is 2.12. The van der Waals surface area contributed by atoms with Gasteiger partial charge >= 0.3 is 0 Å². The van der Waals surface area contributed by atoms with Crippen LogP contribution in [0.5, 0.6) is 5.75 Å². The van der Waals surface area contributed by atoms with Gasteiger partial charge in [-0.3, -0.25) is 9.89 Å². The van der Waals surface area contributed by atoms with E-state index in [9.17, 15) is 4.79 Å².